The van der Waals surface area contributed by atoms with Gasteiger partial charge in [-0.1, -0.05) is 12.1 Å². The number of carboxylic acids is 1. The summed E-state index contributed by atoms with van der Waals surface area (Å²) in [5, 5.41) is 8.37. The maximum absolute atomic E-state index is 12.2. The molecule has 6 nitrogen and oxygen atoms in total. The van der Waals surface area contributed by atoms with Crippen molar-refractivity contribution in [2.45, 2.75) is 19.9 Å². The number of carbonyl (C=O) groups excluding carboxylic acids is 2. The third-order valence-corrected chi connectivity index (χ3v) is 3.94. The monoisotopic (exact) mass is 321 g/mol. The molecule has 0 spiro atoms. The summed E-state index contributed by atoms with van der Waals surface area (Å²) >= 11 is 0.741. The number of thioether (sulfide) groups is 1. The SMILES string of the molecule is CCOc1ccc(C=C2SC(=O)N(C(C)C(=O)O)C2=O)cc1. The Morgan fingerprint density at radius 1 is 1.36 bits per heavy atom. The molecule has 116 valence electrons. The Labute approximate surface area is 131 Å². The predicted molar refractivity (Wildman–Crippen MR) is 82.5 cm³/mol. The van der Waals surface area contributed by atoms with Crippen molar-refractivity contribution in [2.75, 3.05) is 6.61 Å². The van der Waals surface area contributed by atoms with Gasteiger partial charge in [-0.2, -0.15) is 0 Å². The average molecular weight is 321 g/mol. The Morgan fingerprint density at radius 3 is 2.55 bits per heavy atom. The lowest BCUT2D eigenvalue weighted by Gasteiger charge is -2.16. The van der Waals surface area contributed by atoms with Gasteiger partial charge in [-0.15, -0.1) is 0 Å². The van der Waals surface area contributed by atoms with E-state index in [4.69, 9.17) is 9.84 Å². The van der Waals surface area contributed by atoms with Gasteiger partial charge in [0, 0.05) is 0 Å². The van der Waals surface area contributed by atoms with Crippen LogP contribution in [0.25, 0.3) is 6.08 Å². The Morgan fingerprint density at radius 2 is 2.00 bits per heavy atom. The molecule has 2 amide bonds. The van der Waals surface area contributed by atoms with Crippen LogP contribution in [0.5, 0.6) is 5.75 Å². The van der Waals surface area contributed by atoms with Gasteiger partial charge in [-0.25, -0.2) is 4.79 Å². The van der Waals surface area contributed by atoms with Crippen molar-refractivity contribution in [3.8, 4) is 5.75 Å². The molecule has 0 bridgehead atoms. The highest BCUT2D eigenvalue weighted by molar-refractivity contribution is 8.18. The number of aliphatic carboxylic acids is 1. The molecule has 2 rings (SSSR count). The van der Waals surface area contributed by atoms with Crippen molar-refractivity contribution in [3.63, 3.8) is 0 Å². The summed E-state index contributed by atoms with van der Waals surface area (Å²) in [5.41, 5.74) is 0.733. The quantitative estimate of drug-likeness (QED) is 0.839. The molecule has 0 radical (unpaired) electrons. The highest BCUT2D eigenvalue weighted by atomic mass is 32.2. The topological polar surface area (TPSA) is 83.9 Å². The highest BCUT2D eigenvalue weighted by Crippen LogP contribution is 2.33. The van der Waals surface area contributed by atoms with Crippen molar-refractivity contribution in [1.82, 2.24) is 4.90 Å². The van der Waals surface area contributed by atoms with E-state index >= 15 is 0 Å². The molecule has 1 unspecified atom stereocenters. The number of carboxylic acid groups (broad SMARTS) is 1. The molecular weight excluding hydrogens is 306 g/mol. The zero-order valence-electron chi connectivity index (χ0n) is 12.1. The second-order valence-corrected chi connectivity index (χ2v) is 5.56. The largest absolute Gasteiger partial charge is 0.494 e. The maximum Gasteiger partial charge on any atom is 0.326 e. The Kier molecular flexibility index (Phi) is 4.87. The van der Waals surface area contributed by atoms with Crippen molar-refractivity contribution >= 4 is 35.0 Å². The maximum atomic E-state index is 12.2. The summed E-state index contributed by atoms with van der Waals surface area (Å²) in [5.74, 6) is -1.09. The van der Waals surface area contributed by atoms with Crippen LogP contribution in [0.15, 0.2) is 29.2 Å². The number of rotatable bonds is 5. The molecular formula is C15H15NO5S. The van der Waals surface area contributed by atoms with Crippen LogP contribution in [0.3, 0.4) is 0 Å². The summed E-state index contributed by atoms with van der Waals surface area (Å²) in [6.45, 7) is 3.75. The Balaban J connectivity index is 2.21. The van der Waals surface area contributed by atoms with Gasteiger partial charge in [0.25, 0.3) is 11.1 Å². The lowest BCUT2D eigenvalue weighted by atomic mass is 10.2. The Hall–Kier alpha value is -2.28. The molecule has 0 aromatic heterocycles. The molecule has 1 atom stereocenters. The Bertz CT molecular complexity index is 638. The standard InChI is InChI=1S/C15H15NO5S/c1-3-21-11-6-4-10(5-7-11)8-12-13(17)16(15(20)22-12)9(2)14(18)19/h4-9H,3H2,1-2H3,(H,18,19). The summed E-state index contributed by atoms with van der Waals surface area (Å²) in [6, 6.07) is 5.87. The second-order valence-electron chi connectivity index (χ2n) is 4.57. The minimum Gasteiger partial charge on any atom is -0.494 e. The van der Waals surface area contributed by atoms with E-state index in [0.717, 1.165) is 22.2 Å². The van der Waals surface area contributed by atoms with E-state index in [2.05, 4.69) is 0 Å². The van der Waals surface area contributed by atoms with E-state index in [1.807, 2.05) is 6.92 Å². The molecule has 7 heteroatoms. The number of nitrogens with zero attached hydrogens (tertiary/aromatic N) is 1. The minimum absolute atomic E-state index is 0.210. The van der Waals surface area contributed by atoms with E-state index < -0.39 is 23.2 Å². The van der Waals surface area contributed by atoms with Crippen molar-refractivity contribution in [2.24, 2.45) is 0 Å². The van der Waals surface area contributed by atoms with Gasteiger partial charge >= 0.3 is 5.97 Å². The van der Waals surface area contributed by atoms with Crippen LogP contribution < -0.4 is 4.74 Å². The summed E-state index contributed by atoms with van der Waals surface area (Å²) in [4.78, 5) is 35.9. The molecule has 1 heterocycles. The van der Waals surface area contributed by atoms with Crippen molar-refractivity contribution in [3.05, 3.63) is 34.7 Å². The smallest absolute Gasteiger partial charge is 0.326 e. The third kappa shape index (κ3) is 3.30. The van der Waals surface area contributed by atoms with Gasteiger partial charge in [0.15, 0.2) is 0 Å². The van der Waals surface area contributed by atoms with E-state index in [1.165, 1.54) is 6.92 Å². The fourth-order valence-electron chi connectivity index (χ4n) is 1.90. The van der Waals surface area contributed by atoms with Gasteiger partial charge in [0.05, 0.1) is 11.5 Å². The first kappa shape index (κ1) is 16.1. The molecule has 1 aliphatic heterocycles. The molecule has 0 saturated carbocycles. The second kappa shape index (κ2) is 6.65. The van der Waals surface area contributed by atoms with Crippen LogP contribution in [0.1, 0.15) is 19.4 Å². The number of hydrogen-bond donors (Lipinski definition) is 1. The van der Waals surface area contributed by atoms with Crippen LogP contribution in [0.4, 0.5) is 4.79 Å². The summed E-state index contributed by atoms with van der Waals surface area (Å²) < 4.78 is 5.32. The summed E-state index contributed by atoms with van der Waals surface area (Å²) in [6.07, 6.45) is 1.56. The first-order valence-corrected chi connectivity index (χ1v) is 7.48. The van der Waals surface area contributed by atoms with E-state index in [9.17, 15) is 14.4 Å². The molecule has 1 N–H and O–H groups in total. The highest BCUT2D eigenvalue weighted by Gasteiger charge is 2.40. The van der Waals surface area contributed by atoms with E-state index in [-0.39, 0.29) is 4.91 Å². The first-order valence-electron chi connectivity index (χ1n) is 6.66. The van der Waals surface area contributed by atoms with Gasteiger partial charge in [0.1, 0.15) is 11.8 Å². The van der Waals surface area contributed by atoms with Gasteiger partial charge in [-0.3, -0.25) is 14.5 Å². The first-order chi connectivity index (χ1) is 10.4. The summed E-state index contributed by atoms with van der Waals surface area (Å²) in [7, 11) is 0. The van der Waals surface area contributed by atoms with Crippen molar-refractivity contribution < 1.29 is 24.2 Å². The number of carbonyl (C=O) groups is 3. The van der Waals surface area contributed by atoms with Crippen LogP contribution in [0, 0.1) is 0 Å². The predicted octanol–water partition coefficient (Wildman–Crippen LogP) is 2.59. The van der Waals surface area contributed by atoms with Gasteiger partial charge in [0.2, 0.25) is 0 Å². The van der Waals surface area contributed by atoms with Crippen LogP contribution >= 0.6 is 11.8 Å². The number of hydrogen-bond acceptors (Lipinski definition) is 5. The molecule has 1 saturated heterocycles. The van der Waals surface area contributed by atoms with Gasteiger partial charge in [-0.05, 0) is 49.4 Å². The van der Waals surface area contributed by atoms with Crippen LogP contribution in [-0.4, -0.2) is 39.8 Å². The minimum atomic E-state index is -1.22. The van der Waals surface area contributed by atoms with Crippen LogP contribution in [0.2, 0.25) is 0 Å². The van der Waals surface area contributed by atoms with E-state index in [0.29, 0.717) is 12.4 Å². The number of ether oxygens (including phenoxy) is 1. The van der Waals surface area contributed by atoms with E-state index in [1.54, 1.807) is 30.3 Å². The van der Waals surface area contributed by atoms with Crippen molar-refractivity contribution in [1.29, 1.82) is 0 Å². The molecule has 1 aromatic carbocycles. The number of imide groups is 1. The molecule has 22 heavy (non-hydrogen) atoms. The van der Waals surface area contributed by atoms with Crippen LogP contribution in [-0.2, 0) is 9.59 Å². The molecule has 1 fully saturated rings. The average Bonchev–Trinajstić information content (AvgIpc) is 2.75. The molecule has 1 aromatic rings. The van der Waals surface area contributed by atoms with Gasteiger partial charge < -0.3 is 9.84 Å². The number of benzene rings is 1. The lowest BCUT2D eigenvalue weighted by molar-refractivity contribution is -0.145. The fraction of sp³-hybridized carbons (Fsp3) is 0.267. The molecule has 1 aliphatic rings. The third-order valence-electron chi connectivity index (χ3n) is 3.06. The lowest BCUT2D eigenvalue weighted by Crippen LogP contribution is -2.41. The zero-order chi connectivity index (χ0) is 16.3. The fourth-order valence-corrected chi connectivity index (χ4v) is 2.81. The normalized spacial score (nSPS) is 17.9. The molecule has 0 aliphatic carbocycles. The zero-order valence-corrected chi connectivity index (χ0v) is 12.9. The number of amides is 2.